The summed E-state index contributed by atoms with van der Waals surface area (Å²) < 4.78 is 20.8. The summed E-state index contributed by atoms with van der Waals surface area (Å²) in [6.45, 7) is 17.1. The summed E-state index contributed by atoms with van der Waals surface area (Å²) in [6.07, 6.45) is 4.20. The number of hydrogen-bond acceptors (Lipinski definition) is 6. The maximum Gasteiger partial charge on any atom is 0.407 e. The lowest BCUT2D eigenvalue weighted by Crippen LogP contribution is -2.28. The third-order valence-electron chi connectivity index (χ3n) is 2.86. The number of carbonyl (C=O) groups excluding carboxylic acids is 2. The molecular weight excluding hydrogens is 362 g/mol. The van der Waals surface area contributed by atoms with Crippen molar-refractivity contribution in [3.8, 4) is 0 Å². The van der Waals surface area contributed by atoms with Crippen LogP contribution in [0, 0.1) is 0 Å². The Bertz CT molecular complexity index is 454. The highest BCUT2D eigenvalue weighted by molar-refractivity contribution is 5.69. The fourth-order valence-electron chi connectivity index (χ4n) is 1.76. The zero-order chi connectivity index (χ0) is 21.8. The van der Waals surface area contributed by atoms with E-state index in [1.165, 1.54) is 0 Å². The van der Waals surface area contributed by atoms with Gasteiger partial charge in [0.15, 0.2) is 0 Å². The highest BCUT2D eigenvalue weighted by Gasteiger charge is 2.15. The largest absolute Gasteiger partial charge is 0.460 e. The molecule has 0 heterocycles. The van der Waals surface area contributed by atoms with E-state index in [-0.39, 0.29) is 19.0 Å². The smallest absolute Gasteiger partial charge is 0.407 e. The summed E-state index contributed by atoms with van der Waals surface area (Å²) >= 11 is 0. The van der Waals surface area contributed by atoms with Crippen molar-refractivity contribution in [2.75, 3.05) is 39.6 Å². The van der Waals surface area contributed by atoms with Crippen LogP contribution in [0.5, 0.6) is 0 Å². The molecule has 1 N–H and O–H groups in total. The third-order valence-corrected chi connectivity index (χ3v) is 2.86. The van der Waals surface area contributed by atoms with E-state index in [4.69, 9.17) is 18.9 Å². The average molecular weight is 402 g/mol. The minimum atomic E-state index is -0.494. The van der Waals surface area contributed by atoms with Gasteiger partial charge in [0.05, 0.1) is 32.8 Å². The molecule has 7 heteroatoms. The van der Waals surface area contributed by atoms with Gasteiger partial charge >= 0.3 is 12.1 Å². The predicted molar refractivity (Wildman–Crippen MR) is 111 cm³/mol. The second-order valence-corrected chi connectivity index (χ2v) is 6.46. The lowest BCUT2D eigenvalue weighted by molar-refractivity contribution is -0.156. The van der Waals surface area contributed by atoms with Crippen LogP contribution in [-0.2, 0) is 23.7 Å². The fourth-order valence-corrected chi connectivity index (χ4v) is 1.76. The molecule has 0 aromatic carbocycles. The molecule has 0 aliphatic carbocycles. The van der Waals surface area contributed by atoms with Gasteiger partial charge in [0.2, 0.25) is 0 Å². The van der Waals surface area contributed by atoms with Gasteiger partial charge in [0.1, 0.15) is 12.2 Å². The maximum absolute atomic E-state index is 11.5. The monoisotopic (exact) mass is 401 g/mol. The minimum absolute atomic E-state index is 0.204. The van der Waals surface area contributed by atoms with Crippen LogP contribution in [0.25, 0.3) is 0 Å². The van der Waals surface area contributed by atoms with E-state index in [0.29, 0.717) is 33.0 Å². The molecule has 0 spiro atoms. The first-order valence-corrected chi connectivity index (χ1v) is 9.88. The van der Waals surface area contributed by atoms with E-state index in [1.54, 1.807) is 6.08 Å². The summed E-state index contributed by atoms with van der Waals surface area (Å²) in [4.78, 5) is 22.9. The van der Waals surface area contributed by atoms with Crippen molar-refractivity contribution in [3.63, 3.8) is 0 Å². The topological polar surface area (TPSA) is 83.1 Å². The Balaban J connectivity index is 0. The molecule has 0 atom stereocenters. The number of esters is 1. The van der Waals surface area contributed by atoms with E-state index in [0.717, 1.165) is 12.0 Å². The molecule has 164 valence electrons. The van der Waals surface area contributed by atoms with Gasteiger partial charge in [0, 0.05) is 6.54 Å². The second kappa shape index (κ2) is 18.5. The Morgan fingerprint density at radius 2 is 1.64 bits per heavy atom. The highest BCUT2D eigenvalue weighted by Crippen LogP contribution is 2.08. The van der Waals surface area contributed by atoms with Crippen molar-refractivity contribution in [2.45, 2.75) is 60.0 Å². The van der Waals surface area contributed by atoms with Crippen LogP contribution in [0.1, 0.15) is 54.4 Å². The number of rotatable bonds is 13. The predicted octanol–water partition coefficient (Wildman–Crippen LogP) is 4.03. The zero-order valence-electron chi connectivity index (χ0n) is 18.5. The molecule has 7 nitrogen and oxygen atoms in total. The van der Waals surface area contributed by atoms with Crippen molar-refractivity contribution in [1.29, 1.82) is 0 Å². The van der Waals surface area contributed by atoms with Crippen LogP contribution < -0.4 is 5.32 Å². The summed E-state index contributed by atoms with van der Waals surface area (Å²) in [5, 5.41) is 2.59. The molecule has 0 radical (unpaired) electrons. The van der Waals surface area contributed by atoms with Gasteiger partial charge in [-0.15, -0.1) is 0 Å². The highest BCUT2D eigenvalue weighted by atomic mass is 16.6. The van der Waals surface area contributed by atoms with Gasteiger partial charge in [-0.1, -0.05) is 39.5 Å². The first kappa shape index (κ1) is 28.4. The van der Waals surface area contributed by atoms with E-state index >= 15 is 0 Å². The fraction of sp³-hybridized carbons (Fsp3) is 0.714. The second-order valence-electron chi connectivity index (χ2n) is 6.46. The first-order valence-electron chi connectivity index (χ1n) is 9.88. The number of amides is 1. The Kier molecular flexibility index (Phi) is 18.7. The molecule has 0 aromatic rings. The lowest BCUT2D eigenvalue weighted by Gasteiger charge is -2.19. The number of carbonyl (C=O) groups is 2. The molecule has 28 heavy (non-hydrogen) atoms. The molecule has 0 fully saturated rings. The summed E-state index contributed by atoms with van der Waals surface area (Å²) in [5.74, 6) is -0.283. The molecule has 0 aliphatic heterocycles. The van der Waals surface area contributed by atoms with E-state index < -0.39 is 11.7 Å². The van der Waals surface area contributed by atoms with Gasteiger partial charge in [-0.3, -0.25) is 4.79 Å². The zero-order valence-corrected chi connectivity index (χ0v) is 18.5. The molecule has 0 aliphatic rings. The van der Waals surface area contributed by atoms with Crippen molar-refractivity contribution < 1.29 is 28.5 Å². The van der Waals surface area contributed by atoms with Crippen molar-refractivity contribution in [2.24, 2.45) is 0 Å². The van der Waals surface area contributed by atoms with Gasteiger partial charge in [-0.2, -0.15) is 0 Å². The van der Waals surface area contributed by atoms with E-state index in [9.17, 15) is 9.59 Å². The average Bonchev–Trinajstić information content (AvgIpc) is 2.63. The van der Waals surface area contributed by atoms with Crippen LogP contribution in [-0.4, -0.2) is 57.2 Å². The summed E-state index contributed by atoms with van der Waals surface area (Å²) in [7, 11) is 0. The molecule has 1 amide bonds. The van der Waals surface area contributed by atoms with Gasteiger partial charge < -0.3 is 24.3 Å². The van der Waals surface area contributed by atoms with Gasteiger partial charge in [-0.25, -0.2) is 4.79 Å². The summed E-state index contributed by atoms with van der Waals surface area (Å²) in [6, 6.07) is 0. The number of hydrogen-bond donors (Lipinski definition) is 1. The molecule has 0 aromatic heterocycles. The number of allylic oxidation sites excluding steroid dienone is 1. The third kappa shape index (κ3) is 20.5. The van der Waals surface area contributed by atoms with Crippen LogP contribution in [0.4, 0.5) is 4.79 Å². The van der Waals surface area contributed by atoms with Crippen molar-refractivity contribution in [3.05, 3.63) is 24.3 Å². The van der Waals surface area contributed by atoms with Gasteiger partial charge in [0.25, 0.3) is 0 Å². The Morgan fingerprint density at radius 1 is 1.04 bits per heavy atom. The Labute approximate surface area is 170 Å². The molecule has 0 saturated carbocycles. The Morgan fingerprint density at radius 3 is 2.18 bits per heavy atom. The molecule has 0 bridgehead atoms. The quantitative estimate of drug-likeness (QED) is 0.285. The van der Waals surface area contributed by atoms with Crippen LogP contribution in [0.3, 0.4) is 0 Å². The van der Waals surface area contributed by atoms with Crippen molar-refractivity contribution in [1.82, 2.24) is 5.32 Å². The maximum atomic E-state index is 11.5. The summed E-state index contributed by atoms with van der Waals surface area (Å²) in [5.41, 5.74) is 0.399. The van der Waals surface area contributed by atoms with E-state index in [2.05, 4.69) is 11.9 Å². The molecule has 0 saturated heterocycles. The van der Waals surface area contributed by atoms with Gasteiger partial charge in [-0.05, 0) is 32.8 Å². The van der Waals surface area contributed by atoms with E-state index in [1.807, 2.05) is 47.6 Å². The Hall–Kier alpha value is -1.86. The first-order chi connectivity index (χ1) is 13.3. The normalized spacial score (nSPS) is 11.1. The molecule has 0 unspecified atom stereocenters. The number of alkyl carbamates (subject to hydrolysis) is 1. The lowest BCUT2D eigenvalue weighted by atomic mass is 10.2. The number of nitrogens with one attached hydrogen (secondary N) is 1. The van der Waals surface area contributed by atoms with Crippen molar-refractivity contribution >= 4 is 12.1 Å². The standard InChI is InChI=1S/C19H33NO6.C2H6/c1-6-8-16(7-2)15-25-18(22)20-10-12-24-14-13-23-11-9-17(21)26-19(3,4)5;1-2/h7-8H,2,6,9-15H2,1,3-5H3,(H,20,22);1-2H3/b16-8+;. The molecule has 0 rings (SSSR count). The van der Waals surface area contributed by atoms with Crippen LogP contribution in [0.2, 0.25) is 0 Å². The SMILES string of the molecule is C=C/C(=C\CC)COC(=O)NCCOCCOCCC(=O)OC(C)(C)C.CC. The van der Waals surface area contributed by atoms with Crippen LogP contribution in [0.15, 0.2) is 24.3 Å². The molecular formula is C21H39NO6. The number of ether oxygens (including phenoxy) is 4. The minimum Gasteiger partial charge on any atom is -0.460 e. The van der Waals surface area contributed by atoms with Crippen LogP contribution >= 0.6 is 0 Å².